The number of carbonyl (C=O) groups excluding carboxylic acids is 2. The fraction of sp³-hybridized carbons (Fsp3) is 0.529. The lowest BCUT2D eigenvalue weighted by atomic mass is 9.93. The van der Waals surface area contributed by atoms with Crippen molar-refractivity contribution in [1.82, 2.24) is 10.2 Å². The zero-order valence-electron chi connectivity index (χ0n) is 13.2. The second-order valence-corrected chi connectivity index (χ2v) is 5.51. The Morgan fingerprint density at radius 3 is 2.55 bits per heavy atom. The number of rotatable bonds is 7. The molecule has 5 nitrogen and oxygen atoms in total. The Labute approximate surface area is 131 Å². The lowest BCUT2D eigenvalue weighted by molar-refractivity contribution is -0.155. The van der Waals surface area contributed by atoms with Crippen LogP contribution >= 0.6 is 0 Å². The smallest absolute Gasteiger partial charge is 0.328 e. The highest BCUT2D eigenvalue weighted by molar-refractivity contribution is 5.81. The first-order valence-electron chi connectivity index (χ1n) is 7.90. The van der Waals surface area contributed by atoms with Gasteiger partial charge in [0.15, 0.2) is 0 Å². The molecule has 1 aromatic rings. The van der Waals surface area contributed by atoms with E-state index in [4.69, 9.17) is 4.74 Å². The minimum absolute atomic E-state index is 0.0350. The Balaban J connectivity index is 2.00. The Morgan fingerprint density at radius 2 is 1.95 bits per heavy atom. The molecule has 1 amide bonds. The van der Waals surface area contributed by atoms with Gasteiger partial charge in [0.2, 0.25) is 5.91 Å². The van der Waals surface area contributed by atoms with Crippen LogP contribution in [0.5, 0.6) is 0 Å². The van der Waals surface area contributed by atoms with Crippen molar-refractivity contribution >= 4 is 11.9 Å². The van der Waals surface area contributed by atoms with Crippen LogP contribution < -0.4 is 5.32 Å². The topological polar surface area (TPSA) is 58.6 Å². The average Bonchev–Trinajstić information content (AvgIpc) is 2.49. The van der Waals surface area contributed by atoms with Crippen molar-refractivity contribution in [2.75, 3.05) is 26.2 Å². The normalized spacial score (nSPS) is 16.6. The van der Waals surface area contributed by atoms with E-state index in [1.807, 2.05) is 42.2 Å². The van der Waals surface area contributed by atoms with Crippen LogP contribution in [-0.2, 0) is 14.3 Å². The third kappa shape index (κ3) is 3.85. The summed E-state index contributed by atoms with van der Waals surface area (Å²) in [4.78, 5) is 26.2. The summed E-state index contributed by atoms with van der Waals surface area (Å²) in [5.74, 6) is -0.206. The van der Waals surface area contributed by atoms with E-state index >= 15 is 0 Å². The van der Waals surface area contributed by atoms with Crippen LogP contribution in [0.2, 0.25) is 0 Å². The number of amides is 1. The standard InChI is InChI=1S/C17H24N2O3/c1-3-10-18-16(20)14-11-19(12-14)15(17(21)22-4-2)13-8-6-5-7-9-13/h5-9,14-15H,3-4,10-12H2,1-2H3,(H,18,20). The molecule has 1 aromatic carbocycles. The molecule has 0 bridgehead atoms. The number of carbonyl (C=O) groups is 2. The molecule has 1 fully saturated rings. The van der Waals surface area contributed by atoms with E-state index in [9.17, 15) is 9.59 Å². The molecular formula is C17H24N2O3. The maximum atomic E-state index is 12.3. The predicted octanol–water partition coefficient (Wildman–Crippen LogP) is 1.75. The van der Waals surface area contributed by atoms with Gasteiger partial charge in [0.25, 0.3) is 0 Å². The second kappa shape index (κ2) is 7.94. The first-order chi connectivity index (χ1) is 10.7. The molecule has 1 heterocycles. The largest absolute Gasteiger partial charge is 0.465 e. The predicted molar refractivity (Wildman–Crippen MR) is 84.2 cm³/mol. The Hall–Kier alpha value is -1.88. The molecule has 0 aliphatic carbocycles. The number of nitrogens with zero attached hydrogens (tertiary/aromatic N) is 1. The van der Waals surface area contributed by atoms with Crippen LogP contribution in [0.25, 0.3) is 0 Å². The van der Waals surface area contributed by atoms with Crippen molar-refractivity contribution in [2.45, 2.75) is 26.3 Å². The first kappa shape index (κ1) is 16.5. The fourth-order valence-electron chi connectivity index (χ4n) is 2.63. The summed E-state index contributed by atoms with van der Waals surface area (Å²) in [6, 6.07) is 9.16. The van der Waals surface area contributed by atoms with Gasteiger partial charge in [-0.3, -0.25) is 9.69 Å². The zero-order valence-corrected chi connectivity index (χ0v) is 13.2. The maximum absolute atomic E-state index is 12.3. The highest BCUT2D eigenvalue weighted by Crippen LogP contribution is 2.30. The van der Waals surface area contributed by atoms with Crippen molar-refractivity contribution in [3.63, 3.8) is 0 Å². The molecular weight excluding hydrogens is 280 g/mol. The number of nitrogens with one attached hydrogen (secondary N) is 1. The number of benzene rings is 1. The van der Waals surface area contributed by atoms with Gasteiger partial charge in [-0.25, -0.2) is 4.79 Å². The maximum Gasteiger partial charge on any atom is 0.328 e. The van der Waals surface area contributed by atoms with Crippen molar-refractivity contribution in [1.29, 1.82) is 0 Å². The van der Waals surface area contributed by atoms with E-state index in [1.165, 1.54) is 0 Å². The van der Waals surface area contributed by atoms with Gasteiger partial charge in [0, 0.05) is 19.6 Å². The number of ether oxygens (including phenoxy) is 1. The minimum Gasteiger partial charge on any atom is -0.465 e. The van der Waals surface area contributed by atoms with Crippen LogP contribution in [0.3, 0.4) is 0 Å². The molecule has 0 saturated carbocycles. The van der Waals surface area contributed by atoms with Gasteiger partial charge in [0.1, 0.15) is 6.04 Å². The van der Waals surface area contributed by atoms with Crippen molar-refractivity contribution in [2.24, 2.45) is 5.92 Å². The van der Waals surface area contributed by atoms with Gasteiger partial charge < -0.3 is 10.1 Å². The SMILES string of the molecule is CCCNC(=O)C1CN(C(C(=O)OCC)c2ccccc2)C1. The molecule has 1 aliphatic heterocycles. The van der Waals surface area contributed by atoms with Gasteiger partial charge in [-0.2, -0.15) is 0 Å². The monoisotopic (exact) mass is 304 g/mol. The Kier molecular flexibility index (Phi) is 5.95. The lowest BCUT2D eigenvalue weighted by Crippen LogP contribution is -2.56. The molecule has 1 atom stereocenters. The zero-order chi connectivity index (χ0) is 15.9. The van der Waals surface area contributed by atoms with Crippen LogP contribution in [-0.4, -0.2) is 43.0 Å². The van der Waals surface area contributed by atoms with Gasteiger partial charge in [-0.15, -0.1) is 0 Å². The average molecular weight is 304 g/mol. The molecule has 0 radical (unpaired) electrons. The van der Waals surface area contributed by atoms with Crippen LogP contribution in [0.15, 0.2) is 30.3 Å². The second-order valence-electron chi connectivity index (χ2n) is 5.51. The van der Waals surface area contributed by atoms with E-state index < -0.39 is 6.04 Å². The molecule has 1 unspecified atom stereocenters. The molecule has 1 aliphatic rings. The molecule has 5 heteroatoms. The number of likely N-dealkylation sites (tertiary alicyclic amines) is 1. The third-order valence-electron chi connectivity index (χ3n) is 3.82. The van der Waals surface area contributed by atoms with Crippen LogP contribution in [0.4, 0.5) is 0 Å². The van der Waals surface area contributed by atoms with E-state index in [-0.39, 0.29) is 17.8 Å². The summed E-state index contributed by atoms with van der Waals surface area (Å²) in [7, 11) is 0. The van der Waals surface area contributed by atoms with E-state index in [0.29, 0.717) is 26.2 Å². The highest BCUT2D eigenvalue weighted by atomic mass is 16.5. The molecule has 1 saturated heterocycles. The first-order valence-corrected chi connectivity index (χ1v) is 7.90. The number of hydrogen-bond donors (Lipinski definition) is 1. The van der Waals surface area contributed by atoms with Gasteiger partial charge in [-0.1, -0.05) is 37.3 Å². The fourth-order valence-corrected chi connectivity index (χ4v) is 2.63. The molecule has 1 N–H and O–H groups in total. The Morgan fingerprint density at radius 1 is 1.27 bits per heavy atom. The molecule has 120 valence electrons. The van der Waals surface area contributed by atoms with E-state index in [0.717, 1.165) is 12.0 Å². The Bertz CT molecular complexity index is 498. The summed E-state index contributed by atoms with van der Waals surface area (Å²) in [5.41, 5.74) is 0.911. The van der Waals surface area contributed by atoms with E-state index in [1.54, 1.807) is 6.92 Å². The van der Waals surface area contributed by atoms with Crippen LogP contribution in [0, 0.1) is 5.92 Å². The van der Waals surface area contributed by atoms with Crippen molar-refractivity contribution < 1.29 is 14.3 Å². The summed E-state index contributed by atoms with van der Waals surface area (Å²) in [6.45, 7) is 6.07. The summed E-state index contributed by atoms with van der Waals surface area (Å²) >= 11 is 0. The van der Waals surface area contributed by atoms with Gasteiger partial charge >= 0.3 is 5.97 Å². The van der Waals surface area contributed by atoms with E-state index in [2.05, 4.69) is 5.32 Å². The highest BCUT2D eigenvalue weighted by Gasteiger charge is 2.40. The number of esters is 1. The minimum atomic E-state index is -0.420. The molecule has 2 rings (SSSR count). The molecule has 0 aromatic heterocycles. The molecule has 0 spiro atoms. The van der Waals surface area contributed by atoms with Crippen molar-refractivity contribution in [3.05, 3.63) is 35.9 Å². The van der Waals surface area contributed by atoms with Gasteiger partial charge in [0.05, 0.1) is 12.5 Å². The summed E-state index contributed by atoms with van der Waals surface area (Å²) < 4.78 is 5.19. The summed E-state index contributed by atoms with van der Waals surface area (Å²) in [5, 5.41) is 2.91. The van der Waals surface area contributed by atoms with Crippen LogP contribution in [0.1, 0.15) is 31.9 Å². The van der Waals surface area contributed by atoms with Crippen molar-refractivity contribution in [3.8, 4) is 0 Å². The molecule has 22 heavy (non-hydrogen) atoms. The number of hydrogen-bond acceptors (Lipinski definition) is 4. The quantitative estimate of drug-likeness (QED) is 0.780. The van der Waals surface area contributed by atoms with Gasteiger partial charge in [-0.05, 0) is 18.9 Å². The summed E-state index contributed by atoms with van der Waals surface area (Å²) in [6.07, 6.45) is 0.928. The third-order valence-corrected chi connectivity index (χ3v) is 3.82. The lowest BCUT2D eigenvalue weighted by Gasteiger charge is -2.42.